The molecule has 158 valence electrons. The number of benzene rings is 3. The summed E-state index contributed by atoms with van der Waals surface area (Å²) in [6, 6.07) is 22.9. The van der Waals surface area contributed by atoms with E-state index in [1.165, 1.54) is 12.1 Å². The first kappa shape index (κ1) is 19.9. The van der Waals surface area contributed by atoms with Gasteiger partial charge < -0.3 is 14.6 Å². The minimum atomic E-state index is -0.291. The molecule has 1 aliphatic heterocycles. The Labute approximate surface area is 181 Å². The Morgan fingerprint density at radius 2 is 1.74 bits per heavy atom. The van der Waals surface area contributed by atoms with Crippen LogP contribution in [0.5, 0.6) is 0 Å². The molecular weight excluding hydrogens is 389 g/mol. The molecule has 5 heteroatoms. The summed E-state index contributed by atoms with van der Waals surface area (Å²) in [6.07, 6.45) is 1.90. The number of fused-ring (bicyclic) bond motifs is 1. The predicted molar refractivity (Wildman–Crippen MR) is 121 cm³/mol. The second-order valence-electron chi connectivity index (χ2n) is 8.29. The summed E-state index contributed by atoms with van der Waals surface area (Å²) in [5, 5.41) is 0. The molecule has 4 aromatic rings. The van der Waals surface area contributed by atoms with Gasteiger partial charge in [0, 0.05) is 13.1 Å². The average molecular weight is 416 g/mol. The number of aromatic amines is 1. The van der Waals surface area contributed by atoms with E-state index >= 15 is 0 Å². The number of aromatic nitrogens is 2. The topological polar surface area (TPSA) is 41.1 Å². The smallest absolute Gasteiger partial charge is 0.141 e. The van der Waals surface area contributed by atoms with Crippen molar-refractivity contribution >= 4 is 11.0 Å². The molecule has 4 nitrogen and oxygen atoms in total. The maximum absolute atomic E-state index is 13.4. The lowest BCUT2D eigenvalue weighted by Gasteiger charge is -2.31. The zero-order valence-electron chi connectivity index (χ0n) is 17.6. The summed E-state index contributed by atoms with van der Waals surface area (Å²) >= 11 is 0. The van der Waals surface area contributed by atoms with Gasteiger partial charge in [-0.3, -0.25) is 0 Å². The van der Waals surface area contributed by atoms with Gasteiger partial charge in [0.25, 0.3) is 0 Å². The number of piperidine rings is 1. The van der Waals surface area contributed by atoms with Crippen molar-refractivity contribution < 1.29 is 9.13 Å². The van der Waals surface area contributed by atoms with Crippen molar-refractivity contribution in [2.75, 3.05) is 20.1 Å². The number of para-hydroxylation sites is 2. The zero-order chi connectivity index (χ0) is 21.2. The van der Waals surface area contributed by atoms with E-state index < -0.39 is 0 Å². The number of H-pyrrole nitrogens is 1. The van der Waals surface area contributed by atoms with Crippen molar-refractivity contribution in [3.8, 4) is 11.1 Å². The third-order valence-corrected chi connectivity index (χ3v) is 6.02. The van der Waals surface area contributed by atoms with Crippen LogP contribution < -0.4 is 0 Å². The van der Waals surface area contributed by atoms with Gasteiger partial charge in [0.15, 0.2) is 0 Å². The molecule has 0 bridgehead atoms. The number of nitrogens with one attached hydrogen (secondary N) is 1. The quantitative estimate of drug-likeness (QED) is 0.463. The highest BCUT2D eigenvalue weighted by Gasteiger charge is 2.26. The normalized spacial score (nSPS) is 16.6. The number of ether oxygens (including phenoxy) is 1. The van der Waals surface area contributed by atoms with Crippen LogP contribution in [0.3, 0.4) is 0 Å². The monoisotopic (exact) mass is 415 g/mol. The molecule has 1 aromatic heterocycles. The van der Waals surface area contributed by atoms with Crippen molar-refractivity contribution in [1.82, 2.24) is 14.9 Å². The molecule has 5 rings (SSSR count). The number of likely N-dealkylation sites (tertiary alicyclic amines) is 1. The van der Waals surface area contributed by atoms with Gasteiger partial charge in [-0.25, -0.2) is 9.37 Å². The van der Waals surface area contributed by atoms with E-state index in [9.17, 15) is 4.39 Å². The number of imidazole rings is 1. The lowest BCUT2D eigenvalue weighted by atomic mass is 9.99. The van der Waals surface area contributed by atoms with Crippen LogP contribution in [-0.4, -0.2) is 41.1 Å². The van der Waals surface area contributed by atoms with Crippen LogP contribution in [0.25, 0.3) is 22.2 Å². The molecule has 0 amide bonds. The van der Waals surface area contributed by atoms with Crippen LogP contribution in [0.15, 0.2) is 72.8 Å². The van der Waals surface area contributed by atoms with Crippen LogP contribution in [-0.2, 0) is 4.74 Å². The van der Waals surface area contributed by atoms with Crippen LogP contribution in [0.4, 0.5) is 4.39 Å². The van der Waals surface area contributed by atoms with Gasteiger partial charge in [0.05, 0.1) is 17.1 Å². The van der Waals surface area contributed by atoms with Crippen molar-refractivity contribution in [3.63, 3.8) is 0 Å². The number of hydrogen-bond acceptors (Lipinski definition) is 3. The minimum Gasteiger partial charge on any atom is -0.362 e. The molecule has 2 heterocycles. The highest BCUT2D eigenvalue weighted by molar-refractivity contribution is 5.75. The van der Waals surface area contributed by atoms with Gasteiger partial charge in [-0.1, -0.05) is 42.5 Å². The van der Waals surface area contributed by atoms with Gasteiger partial charge >= 0.3 is 0 Å². The highest BCUT2D eigenvalue weighted by atomic mass is 19.1. The Morgan fingerprint density at radius 3 is 2.52 bits per heavy atom. The van der Waals surface area contributed by atoms with Crippen molar-refractivity contribution in [3.05, 3.63) is 90.0 Å². The summed E-state index contributed by atoms with van der Waals surface area (Å²) in [5.74, 6) is 0.585. The number of rotatable bonds is 5. The second kappa shape index (κ2) is 8.61. The Hall–Kier alpha value is -3.02. The standard InChI is InChI=1S/C26H26FN3O/c1-30-15-13-22(14-16-30)31-25(26-28-23-7-2-3-8-24(23)29-26)20-6-4-5-19(17-20)18-9-11-21(27)12-10-18/h2-12,17,22,25H,13-16H2,1H3,(H,28,29). The fraction of sp³-hybridized carbons (Fsp3) is 0.269. The van der Waals surface area contributed by atoms with Crippen LogP contribution in [0.1, 0.15) is 30.3 Å². The molecule has 1 atom stereocenters. The number of nitrogens with zero attached hydrogens (tertiary/aromatic N) is 2. The van der Waals surface area contributed by atoms with Crippen molar-refractivity contribution in [2.24, 2.45) is 0 Å². The fourth-order valence-corrected chi connectivity index (χ4v) is 4.23. The number of halogens is 1. The third-order valence-electron chi connectivity index (χ3n) is 6.02. The van der Waals surface area contributed by atoms with E-state index in [2.05, 4.69) is 29.1 Å². The molecule has 1 saturated heterocycles. The van der Waals surface area contributed by atoms with Crippen LogP contribution >= 0.6 is 0 Å². The molecule has 1 N–H and O–H groups in total. The van der Waals surface area contributed by atoms with Crippen molar-refractivity contribution in [2.45, 2.75) is 25.0 Å². The fourth-order valence-electron chi connectivity index (χ4n) is 4.23. The summed E-state index contributed by atoms with van der Waals surface area (Å²) in [7, 11) is 2.15. The van der Waals surface area contributed by atoms with Gasteiger partial charge in [-0.15, -0.1) is 0 Å². The molecule has 3 aromatic carbocycles. The van der Waals surface area contributed by atoms with Gasteiger partial charge in [0.2, 0.25) is 0 Å². The molecule has 1 fully saturated rings. The van der Waals surface area contributed by atoms with Gasteiger partial charge in [-0.2, -0.15) is 0 Å². The van der Waals surface area contributed by atoms with E-state index in [1.807, 2.05) is 48.5 Å². The molecule has 1 aliphatic rings. The first-order valence-corrected chi connectivity index (χ1v) is 10.8. The lowest BCUT2D eigenvalue weighted by molar-refractivity contribution is -0.0264. The molecule has 1 unspecified atom stereocenters. The molecule has 0 saturated carbocycles. The highest BCUT2D eigenvalue weighted by Crippen LogP contribution is 2.32. The predicted octanol–water partition coefficient (Wildman–Crippen LogP) is 5.57. The largest absolute Gasteiger partial charge is 0.362 e. The average Bonchev–Trinajstić information content (AvgIpc) is 3.23. The first-order valence-electron chi connectivity index (χ1n) is 10.8. The molecule has 0 aliphatic carbocycles. The Kier molecular flexibility index (Phi) is 5.53. The van der Waals surface area contributed by atoms with Gasteiger partial charge in [0.1, 0.15) is 17.7 Å². The van der Waals surface area contributed by atoms with E-state index in [0.29, 0.717) is 0 Å². The van der Waals surface area contributed by atoms with E-state index in [4.69, 9.17) is 9.72 Å². The lowest BCUT2D eigenvalue weighted by Crippen LogP contribution is -2.35. The minimum absolute atomic E-state index is 0.184. The summed E-state index contributed by atoms with van der Waals surface area (Å²) in [4.78, 5) is 10.6. The molecule has 0 spiro atoms. The first-order chi connectivity index (χ1) is 15.2. The summed E-state index contributed by atoms with van der Waals surface area (Å²) < 4.78 is 20.1. The molecule has 31 heavy (non-hydrogen) atoms. The van der Waals surface area contributed by atoms with E-state index in [1.54, 1.807) is 0 Å². The number of hydrogen-bond donors (Lipinski definition) is 1. The van der Waals surface area contributed by atoms with Crippen molar-refractivity contribution in [1.29, 1.82) is 0 Å². The zero-order valence-corrected chi connectivity index (χ0v) is 17.6. The maximum Gasteiger partial charge on any atom is 0.141 e. The molecular formula is C26H26FN3O. The molecule has 0 radical (unpaired) electrons. The van der Waals surface area contributed by atoms with Crippen LogP contribution in [0, 0.1) is 5.82 Å². The van der Waals surface area contributed by atoms with Gasteiger partial charge in [-0.05, 0) is 66.9 Å². The Balaban J connectivity index is 1.52. The third kappa shape index (κ3) is 4.38. The summed E-state index contributed by atoms with van der Waals surface area (Å²) in [5.41, 5.74) is 4.99. The Morgan fingerprint density at radius 1 is 0.968 bits per heavy atom. The Bertz CT molecular complexity index is 1130. The second-order valence-corrected chi connectivity index (χ2v) is 8.29. The van der Waals surface area contributed by atoms with E-state index in [0.717, 1.165) is 59.5 Å². The summed E-state index contributed by atoms with van der Waals surface area (Å²) in [6.45, 7) is 2.07. The van der Waals surface area contributed by atoms with E-state index in [-0.39, 0.29) is 18.0 Å². The SMILES string of the molecule is CN1CCC(OC(c2cccc(-c3ccc(F)cc3)c2)c2nc3ccccc3[nH]2)CC1. The maximum atomic E-state index is 13.4. The van der Waals surface area contributed by atoms with Crippen LogP contribution in [0.2, 0.25) is 0 Å².